The minimum atomic E-state index is -0.733. The van der Waals surface area contributed by atoms with Gasteiger partial charge in [-0.3, -0.25) is 9.79 Å². The van der Waals surface area contributed by atoms with Crippen molar-refractivity contribution in [3.05, 3.63) is 35.1 Å². The zero-order valence-corrected chi connectivity index (χ0v) is 8.94. The summed E-state index contributed by atoms with van der Waals surface area (Å²) in [4.78, 5) is 15.7. The van der Waals surface area contributed by atoms with Crippen molar-refractivity contribution in [2.45, 2.75) is 25.7 Å². The highest BCUT2D eigenvalue weighted by molar-refractivity contribution is 6.14. The largest absolute Gasteiger partial charge is 0.481 e. The molecule has 1 fully saturated rings. The van der Waals surface area contributed by atoms with Crippen LogP contribution in [0, 0.1) is 5.92 Å². The molecule has 1 heterocycles. The van der Waals surface area contributed by atoms with E-state index in [4.69, 9.17) is 0 Å². The maximum absolute atomic E-state index is 11.2. The second kappa shape index (κ2) is 3.44. The Labute approximate surface area is 93.9 Å². The molecule has 1 atom stereocenters. The lowest BCUT2D eigenvalue weighted by molar-refractivity contribution is -0.139. The number of hydrogen-bond acceptors (Lipinski definition) is 2. The summed E-state index contributed by atoms with van der Waals surface area (Å²) in [5.41, 5.74) is 4.27. The van der Waals surface area contributed by atoms with Gasteiger partial charge in [0.15, 0.2) is 0 Å². The van der Waals surface area contributed by atoms with E-state index in [2.05, 4.69) is 11.1 Å². The lowest BCUT2D eigenvalue weighted by Gasteiger charge is -2.21. The van der Waals surface area contributed by atoms with Gasteiger partial charge >= 0.3 is 5.97 Å². The van der Waals surface area contributed by atoms with Gasteiger partial charge in [-0.05, 0) is 42.9 Å². The number of hydrogen-bond donors (Lipinski definition) is 1. The number of allylic oxidation sites excluding steroid dienone is 5. The SMILES string of the molecule is O=C(O)C1CCCC2=C3CC=CC=C3N=C21. The molecule has 0 spiro atoms. The molecule has 0 aromatic rings. The van der Waals surface area contributed by atoms with E-state index in [0.29, 0.717) is 0 Å². The topological polar surface area (TPSA) is 49.7 Å². The highest BCUT2D eigenvalue weighted by Crippen LogP contribution is 2.39. The molecule has 0 radical (unpaired) electrons. The van der Waals surface area contributed by atoms with E-state index in [0.717, 1.165) is 37.1 Å². The van der Waals surface area contributed by atoms with Gasteiger partial charge in [0.25, 0.3) is 0 Å². The Balaban J connectivity index is 2.07. The predicted molar refractivity (Wildman–Crippen MR) is 61.3 cm³/mol. The molecule has 82 valence electrons. The fourth-order valence-corrected chi connectivity index (χ4v) is 2.71. The summed E-state index contributed by atoms with van der Waals surface area (Å²) in [7, 11) is 0. The van der Waals surface area contributed by atoms with E-state index < -0.39 is 5.97 Å². The van der Waals surface area contributed by atoms with Crippen LogP contribution in [0.4, 0.5) is 0 Å². The minimum absolute atomic E-state index is 0.386. The van der Waals surface area contributed by atoms with Crippen molar-refractivity contribution in [2.75, 3.05) is 0 Å². The van der Waals surface area contributed by atoms with Crippen LogP contribution in [0.25, 0.3) is 0 Å². The zero-order valence-electron chi connectivity index (χ0n) is 8.94. The molecule has 0 amide bonds. The lowest BCUT2D eigenvalue weighted by Crippen LogP contribution is -2.27. The Morgan fingerprint density at radius 1 is 1.44 bits per heavy atom. The second-order valence-electron chi connectivity index (χ2n) is 4.42. The summed E-state index contributed by atoms with van der Waals surface area (Å²) in [5.74, 6) is -1.12. The first-order valence-corrected chi connectivity index (χ1v) is 5.68. The van der Waals surface area contributed by atoms with E-state index in [1.807, 2.05) is 12.2 Å². The highest BCUT2D eigenvalue weighted by Gasteiger charge is 2.35. The molecule has 0 saturated heterocycles. The molecule has 1 saturated carbocycles. The van der Waals surface area contributed by atoms with Crippen LogP contribution in [0.5, 0.6) is 0 Å². The van der Waals surface area contributed by atoms with Gasteiger partial charge < -0.3 is 5.11 Å². The third-order valence-electron chi connectivity index (χ3n) is 3.48. The average molecular weight is 215 g/mol. The van der Waals surface area contributed by atoms with Crippen molar-refractivity contribution in [2.24, 2.45) is 10.9 Å². The van der Waals surface area contributed by atoms with Crippen LogP contribution in [0.15, 0.2) is 40.1 Å². The maximum atomic E-state index is 11.2. The molecule has 3 rings (SSSR count). The molecule has 1 aliphatic heterocycles. The summed E-state index contributed by atoms with van der Waals surface area (Å²) in [5, 5.41) is 9.18. The van der Waals surface area contributed by atoms with Crippen molar-refractivity contribution in [1.29, 1.82) is 0 Å². The van der Waals surface area contributed by atoms with Gasteiger partial charge in [0, 0.05) is 0 Å². The Bertz CT molecular complexity index is 480. The van der Waals surface area contributed by atoms with Gasteiger partial charge in [-0.15, -0.1) is 0 Å². The third kappa shape index (κ3) is 1.28. The monoisotopic (exact) mass is 215 g/mol. The molecule has 0 aromatic heterocycles. The fourth-order valence-electron chi connectivity index (χ4n) is 2.71. The predicted octanol–water partition coefficient (Wildman–Crippen LogP) is 2.47. The number of nitrogens with zero attached hydrogens (tertiary/aromatic N) is 1. The summed E-state index contributed by atoms with van der Waals surface area (Å²) >= 11 is 0. The Morgan fingerprint density at radius 3 is 3.12 bits per heavy atom. The molecule has 1 N–H and O–H groups in total. The quantitative estimate of drug-likeness (QED) is 0.730. The van der Waals surface area contributed by atoms with Gasteiger partial charge in [0.2, 0.25) is 0 Å². The average Bonchev–Trinajstić information content (AvgIpc) is 2.67. The number of carboxylic acids is 1. The van der Waals surface area contributed by atoms with Crippen LogP contribution in [0.3, 0.4) is 0 Å². The van der Waals surface area contributed by atoms with Crippen molar-refractivity contribution in [3.8, 4) is 0 Å². The number of carboxylic acid groups (broad SMARTS) is 1. The third-order valence-corrected chi connectivity index (χ3v) is 3.48. The summed E-state index contributed by atoms with van der Waals surface area (Å²) < 4.78 is 0. The summed E-state index contributed by atoms with van der Waals surface area (Å²) in [6.45, 7) is 0. The number of aliphatic imine (C=N–C) groups is 1. The van der Waals surface area contributed by atoms with Crippen molar-refractivity contribution < 1.29 is 9.90 Å². The van der Waals surface area contributed by atoms with Crippen LogP contribution in [-0.4, -0.2) is 16.8 Å². The molecule has 16 heavy (non-hydrogen) atoms. The molecule has 3 aliphatic rings. The van der Waals surface area contributed by atoms with Gasteiger partial charge in [0.05, 0.1) is 17.3 Å². The molecule has 0 bridgehead atoms. The van der Waals surface area contributed by atoms with Crippen LogP contribution < -0.4 is 0 Å². The summed E-state index contributed by atoms with van der Waals surface area (Å²) in [6, 6.07) is 0. The number of fused-ring (bicyclic) bond motifs is 2. The molecule has 0 aromatic carbocycles. The Morgan fingerprint density at radius 2 is 2.31 bits per heavy atom. The van der Waals surface area contributed by atoms with Gasteiger partial charge in [-0.2, -0.15) is 0 Å². The maximum Gasteiger partial charge on any atom is 0.312 e. The van der Waals surface area contributed by atoms with E-state index in [-0.39, 0.29) is 5.92 Å². The molecular weight excluding hydrogens is 202 g/mol. The summed E-state index contributed by atoms with van der Waals surface area (Å²) in [6.07, 6.45) is 9.67. The standard InChI is InChI=1S/C13H13NO2/c15-13(16)10-6-3-5-9-8-4-1-2-7-11(8)14-12(9)10/h1-2,7,10H,3-6H2,(H,15,16). The first-order valence-electron chi connectivity index (χ1n) is 5.68. The van der Waals surface area contributed by atoms with E-state index >= 15 is 0 Å². The zero-order chi connectivity index (χ0) is 11.1. The number of carbonyl (C=O) groups is 1. The number of rotatable bonds is 1. The van der Waals surface area contributed by atoms with E-state index in [1.54, 1.807) is 0 Å². The molecular formula is C13H13NO2. The molecule has 1 unspecified atom stereocenters. The van der Waals surface area contributed by atoms with Crippen LogP contribution in [0.2, 0.25) is 0 Å². The highest BCUT2D eigenvalue weighted by atomic mass is 16.4. The van der Waals surface area contributed by atoms with E-state index in [1.165, 1.54) is 11.1 Å². The first-order chi connectivity index (χ1) is 7.77. The molecule has 3 heteroatoms. The van der Waals surface area contributed by atoms with Gasteiger partial charge in [0.1, 0.15) is 0 Å². The van der Waals surface area contributed by atoms with Crippen LogP contribution >= 0.6 is 0 Å². The van der Waals surface area contributed by atoms with Crippen LogP contribution in [0.1, 0.15) is 25.7 Å². The number of aliphatic carboxylic acids is 1. The van der Waals surface area contributed by atoms with Gasteiger partial charge in [-0.1, -0.05) is 12.2 Å². The smallest absolute Gasteiger partial charge is 0.312 e. The molecule has 2 aliphatic carbocycles. The van der Waals surface area contributed by atoms with Crippen molar-refractivity contribution >= 4 is 11.7 Å². The Hall–Kier alpha value is -1.64. The van der Waals surface area contributed by atoms with Crippen molar-refractivity contribution in [1.82, 2.24) is 0 Å². The van der Waals surface area contributed by atoms with Crippen LogP contribution in [-0.2, 0) is 4.79 Å². The fraction of sp³-hybridized carbons (Fsp3) is 0.385. The van der Waals surface area contributed by atoms with Crippen molar-refractivity contribution in [3.63, 3.8) is 0 Å². The molecule has 3 nitrogen and oxygen atoms in total. The van der Waals surface area contributed by atoms with Gasteiger partial charge in [-0.25, -0.2) is 0 Å². The lowest BCUT2D eigenvalue weighted by atomic mass is 9.81. The minimum Gasteiger partial charge on any atom is -0.481 e. The first kappa shape index (κ1) is 9.58. The van der Waals surface area contributed by atoms with E-state index in [9.17, 15) is 9.90 Å². The normalized spacial score (nSPS) is 27.1. The Kier molecular flexibility index (Phi) is 2.06. The second-order valence-corrected chi connectivity index (χ2v) is 4.42.